The van der Waals surface area contributed by atoms with Crippen LogP contribution in [0.4, 0.5) is 0 Å². The van der Waals surface area contributed by atoms with Gasteiger partial charge in [-0.15, -0.1) is 0 Å². The van der Waals surface area contributed by atoms with Crippen molar-refractivity contribution in [3.8, 4) is 0 Å². The van der Waals surface area contributed by atoms with Crippen LogP contribution in [0.3, 0.4) is 0 Å². The first-order valence-corrected chi connectivity index (χ1v) is 14.3. The number of esters is 3. The van der Waals surface area contributed by atoms with Gasteiger partial charge in [0.05, 0.1) is 18.2 Å². The Morgan fingerprint density at radius 3 is 2.03 bits per heavy atom. The summed E-state index contributed by atoms with van der Waals surface area (Å²) in [6.45, 7) is 6.46. The molecule has 0 aliphatic rings. The molecule has 0 heterocycles. The van der Waals surface area contributed by atoms with E-state index in [2.05, 4.69) is 12.2 Å². The number of amides is 1. The van der Waals surface area contributed by atoms with Crippen molar-refractivity contribution in [1.29, 1.82) is 0 Å². The Labute approximate surface area is 228 Å². The van der Waals surface area contributed by atoms with E-state index in [1.807, 2.05) is 13.8 Å². The van der Waals surface area contributed by atoms with Gasteiger partial charge >= 0.3 is 17.9 Å². The highest BCUT2D eigenvalue weighted by Crippen LogP contribution is 2.12. The number of nitrogens with one attached hydrogen (secondary N) is 1. The second-order valence-electron chi connectivity index (χ2n) is 10.3. The zero-order valence-electron chi connectivity index (χ0n) is 23.5. The monoisotopic (exact) mass is 532 g/mol. The summed E-state index contributed by atoms with van der Waals surface area (Å²) in [5.41, 5.74) is 6.20. The average molecular weight is 533 g/mol. The first kappa shape index (κ1) is 33.3. The van der Waals surface area contributed by atoms with Crippen molar-refractivity contribution in [2.45, 2.75) is 116 Å². The molecule has 0 spiro atoms. The lowest BCUT2D eigenvalue weighted by molar-refractivity contribution is -0.148. The molecule has 0 bridgehead atoms. The Hall–Kier alpha value is -2.74. The molecule has 1 amide bonds. The lowest BCUT2D eigenvalue weighted by Gasteiger charge is -2.21. The zero-order valence-corrected chi connectivity index (χ0v) is 23.5. The number of benzene rings is 1. The maximum atomic E-state index is 12.6. The van der Waals surface area contributed by atoms with Crippen molar-refractivity contribution < 1.29 is 28.7 Å². The lowest BCUT2D eigenvalue weighted by Crippen LogP contribution is -2.49. The fourth-order valence-corrected chi connectivity index (χ4v) is 4.02. The molecule has 3 N–H and O–H groups in total. The van der Waals surface area contributed by atoms with Gasteiger partial charge in [-0.25, -0.2) is 9.59 Å². The number of unbranched alkanes of at least 4 members (excludes halogenated alkanes) is 9. The first-order valence-electron chi connectivity index (χ1n) is 14.3. The SMILES string of the molecule is CCCCCCCCCCCCOC(=O)C(CC(C)C)NC(=O)C(N)CCC(=O)OC(=O)c1ccccc1. The van der Waals surface area contributed by atoms with E-state index in [4.69, 9.17) is 15.2 Å². The van der Waals surface area contributed by atoms with E-state index in [0.717, 1.165) is 19.3 Å². The Kier molecular flexibility index (Phi) is 17.7. The van der Waals surface area contributed by atoms with Crippen LogP contribution in [0, 0.1) is 5.92 Å². The van der Waals surface area contributed by atoms with E-state index >= 15 is 0 Å². The third kappa shape index (κ3) is 15.5. The first-order chi connectivity index (χ1) is 18.2. The molecule has 2 atom stereocenters. The zero-order chi connectivity index (χ0) is 28.2. The van der Waals surface area contributed by atoms with Gasteiger partial charge in [-0.1, -0.05) is 96.8 Å². The summed E-state index contributed by atoms with van der Waals surface area (Å²) in [6, 6.07) is 6.32. The van der Waals surface area contributed by atoms with Crippen LogP contribution in [-0.2, 0) is 23.9 Å². The molecule has 0 saturated carbocycles. The van der Waals surface area contributed by atoms with E-state index < -0.39 is 35.9 Å². The third-order valence-electron chi connectivity index (χ3n) is 6.26. The standard InChI is InChI=1S/C30H48N2O6/c1-4-5-6-7-8-9-10-11-12-16-21-37-30(36)26(22-23(2)3)32-28(34)25(31)19-20-27(33)38-29(35)24-17-14-13-15-18-24/h13-15,17-18,23,25-26H,4-12,16,19-22,31H2,1-3H3,(H,32,34). The van der Waals surface area contributed by atoms with E-state index in [0.29, 0.717) is 13.0 Å². The van der Waals surface area contributed by atoms with Crippen molar-refractivity contribution >= 4 is 23.8 Å². The summed E-state index contributed by atoms with van der Waals surface area (Å²) in [7, 11) is 0. The minimum atomic E-state index is -1.03. The molecule has 0 aromatic heterocycles. The van der Waals surface area contributed by atoms with Crippen LogP contribution < -0.4 is 11.1 Å². The van der Waals surface area contributed by atoms with Crippen LogP contribution in [0.25, 0.3) is 0 Å². The number of rotatable bonds is 20. The third-order valence-corrected chi connectivity index (χ3v) is 6.26. The molecular weight excluding hydrogens is 484 g/mol. The largest absolute Gasteiger partial charge is 0.464 e. The summed E-state index contributed by atoms with van der Waals surface area (Å²) in [5.74, 6) is -2.38. The van der Waals surface area contributed by atoms with Gasteiger partial charge in [-0.3, -0.25) is 9.59 Å². The highest BCUT2D eigenvalue weighted by atomic mass is 16.6. The van der Waals surface area contributed by atoms with Gasteiger partial charge < -0.3 is 20.5 Å². The van der Waals surface area contributed by atoms with Gasteiger partial charge in [0.1, 0.15) is 6.04 Å². The number of carbonyl (C=O) groups excluding carboxylic acids is 4. The molecule has 0 radical (unpaired) electrons. The van der Waals surface area contributed by atoms with Gasteiger partial charge in [-0.05, 0) is 37.3 Å². The fraction of sp³-hybridized carbons (Fsp3) is 0.667. The van der Waals surface area contributed by atoms with E-state index in [-0.39, 0.29) is 24.3 Å². The Morgan fingerprint density at radius 2 is 1.45 bits per heavy atom. The van der Waals surface area contributed by atoms with Crippen molar-refractivity contribution in [2.24, 2.45) is 11.7 Å². The molecule has 8 nitrogen and oxygen atoms in total. The smallest absolute Gasteiger partial charge is 0.345 e. The molecule has 0 fully saturated rings. The molecule has 0 saturated heterocycles. The second kappa shape index (κ2) is 20.3. The summed E-state index contributed by atoms with van der Waals surface area (Å²) < 4.78 is 10.2. The molecule has 1 aromatic carbocycles. The minimum Gasteiger partial charge on any atom is -0.464 e. The molecular formula is C30H48N2O6. The van der Waals surface area contributed by atoms with Crippen LogP contribution in [0.5, 0.6) is 0 Å². The molecule has 214 valence electrons. The number of hydrogen-bond acceptors (Lipinski definition) is 7. The van der Waals surface area contributed by atoms with Gasteiger partial charge in [-0.2, -0.15) is 0 Å². The molecule has 38 heavy (non-hydrogen) atoms. The van der Waals surface area contributed by atoms with Crippen molar-refractivity contribution in [3.05, 3.63) is 35.9 Å². The van der Waals surface area contributed by atoms with Crippen LogP contribution in [0.1, 0.15) is 115 Å². The van der Waals surface area contributed by atoms with Crippen LogP contribution in [0.2, 0.25) is 0 Å². The predicted octanol–water partition coefficient (Wildman–Crippen LogP) is 5.47. The van der Waals surface area contributed by atoms with E-state index in [1.54, 1.807) is 30.3 Å². The molecule has 1 rings (SSSR count). The number of hydrogen-bond donors (Lipinski definition) is 2. The highest BCUT2D eigenvalue weighted by Gasteiger charge is 2.26. The molecule has 1 aromatic rings. The van der Waals surface area contributed by atoms with Gasteiger partial charge in [0.2, 0.25) is 5.91 Å². The van der Waals surface area contributed by atoms with Crippen LogP contribution in [0.15, 0.2) is 30.3 Å². The Morgan fingerprint density at radius 1 is 0.868 bits per heavy atom. The molecule has 0 aliphatic heterocycles. The maximum Gasteiger partial charge on any atom is 0.345 e. The van der Waals surface area contributed by atoms with Crippen molar-refractivity contribution in [3.63, 3.8) is 0 Å². The molecule has 8 heteroatoms. The lowest BCUT2D eigenvalue weighted by atomic mass is 10.0. The quantitative estimate of drug-likeness (QED) is 0.130. The van der Waals surface area contributed by atoms with Crippen molar-refractivity contribution in [1.82, 2.24) is 5.32 Å². The Bertz CT molecular complexity index is 827. The predicted molar refractivity (Wildman–Crippen MR) is 148 cm³/mol. The number of ether oxygens (including phenoxy) is 2. The summed E-state index contributed by atoms with van der Waals surface area (Å²) in [5, 5.41) is 2.67. The van der Waals surface area contributed by atoms with E-state index in [9.17, 15) is 19.2 Å². The van der Waals surface area contributed by atoms with Crippen LogP contribution >= 0.6 is 0 Å². The highest BCUT2D eigenvalue weighted by molar-refractivity contribution is 5.97. The fourth-order valence-electron chi connectivity index (χ4n) is 4.02. The molecule has 2 unspecified atom stereocenters. The molecule has 0 aliphatic carbocycles. The van der Waals surface area contributed by atoms with Crippen molar-refractivity contribution in [2.75, 3.05) is 6.61 Å². The summed E-state index contributed by atoms with van der Waals surface area (Å²) in [4.78, 5) is 49.2. The number of nitrogens with two attached hydrogens (primary N) is 1. The van der Waals surface area contributed by atoms with Gasteiger partial charge in [0, 0.05) is 6.42 Å². The van der Waals surface area contributed by atoms with E-state index in [1.165, 1.54) is 44.9 Å². The summed E-state index contributed by atoms with van der Waals surface area (Å²) in [6.07, 6.45) is 12.1. The average Bonchev–Trinajstić information content (AvgIpc) is 2.90. The second-order valence-corrected chi connectivity index (χ2v) is 10.3. The van der Waals surface area contributed by atoms with Gasteiger partial charge in [0.25, 0.3) is 0 Å². The number of carbonyl (C=O) groups is 4. The summed E-state index contributed by atoms with van der Waals surface area (Å²) >= 11 is 0. The normalized spacial score (nSPS) is 12.6. The maximum absolute atomic E-state index is 12.6. The topological polar surface area (TPSA) is 125 Å². The van der Waals surface area contributed by atoms with Crippen LogP contribution in [-0.4, -0.2) is 42.5 Å². The Balaban J connectivity index is 2.33. The van der Waals surface area contributed by atoms with Gasteiger partial charge in [0.15, 0.2) is 0 Å². The minimum absolute atomic E-state index is 0.0191.